The molecule has 0 heterocycles. The number of aryl methyl sites for hydroxylation is 1. The van der Waals surface area contributed by atoms with E-state index >= 15 is 0 Å². The standard InChI is InChI=1S/C17H17FO2S/c1-12-5-3-4-6-14(12)11-21-10-13-7-8-15(16(18)9-13)17(19)20-2/h3-9H,10-11H2,1-2H3. The zero-order valence-corrected chi connectivity index (χ0v) is 12.9. The fourth-order valence-corrected chi connectivity index (χ4v) is 3.04. The van der Waals surface area contributed by atoms with Crippen LogP contribution in [0.4, 0.5) is 4.39 Å². The van der Waals surface area contributed by atoms with Crippen molar-refractivity contribution >= 4 is 17.7 Å². The molecular weight excluding hydrogens is 287 g/mol. The molecule has 0 saturated heterocycles. The van der Waals surface area contributed by atoms with Gasteiger partial charge in [0.25, 0.3) is 0 Å². The smallest absolute Gasteiger partial charge is 0.340 e. The third kappa shape index (κ3) is 4.08. The Balaban J connectivity index is 1.97. The molecule has 2 aromatic rings. The molecular formula is C17H17FO2S. The zero-order chi connectivity index (χ0) is 15.2. The lowest BCUT2D eigenvalue weighted by Crippen LogP contribution is -2.04. The van der Waals surface area contributed by atoms with Crippen LogP contribution >= 0.6 is 11.8 Å². The van der Waals surface area contributed by atoms with E-state index in [1.165, 1.54) is 30.4 Å². The summed E-state index contributed by atoms with van der Waals surface area (Å²) < 4.78 is 18.3. The Bertz CT molecular complexity index is 640. The van der Waals surface area contributed by atoms with Gasteiger partial charge in [0.05, 0.1) is 12.7 Å². The summed E-state index contributed by atoms with van der Waals surface area (Å²) in [4.78, 5) is 11.3. The second-order valence-electron chi connectivity index (χ2n) is 4.73. The quantitative estimate of drug-likeness (QED) is 0.768. The van der Waals surface area contributed by atoms with Gasteiger partial charge in [-0.25, -0.2) is 9.18 Å². The highest BCUT2D eigenvalue weighted by Gasteiger charge is 2.12. The molecule has 0 saturated carbocycles. The molecule has 21 heavy (non-hydrogen) atoms. The van der Waals surface area contributed by atoms with Crippen LogP contribution in [0.15, 0.2) is 42.5 Å². The van der Waals surface area contributed by atoms with Gasteiger partial charge in [0.1, 0.15) is 5.82 Å². The van der Waals surface area contributed by atoms with Crippen LogP contribution < -0.4 is 0 Å². The molecule has 0 aliphatic heterocycles. The van der Waals surface area contributed by atoms with Crippen LogP contribution in [0.2, 0.25) is 0 Å². The summed E-state index contributed by atoms with van der Waals surface area (Å²) >= 11 is 1.72. The van der Waals surface area contributed by atoms with Crippen molar-refractivity contribution in [2.24, 2.45) is 0 Å². The molecule has 0 N–H and O–H groups in total. The van der Waals surface area contributed by atoms with Crippen molar-refractivity contribution in [2.45, 2.75) is 18.4 Å². The van der Waals surface area contributed by atoms with Crippen molar-refractivity contribution in [2.75, 3.05) is 7.11 Å². The molecule has 0 atom stereocenters. The van der Waals surface area contributed by atoms with Crippen LogP contribution in [0.5, 0.6) is 0 Å². The number of carbonyl (C=O) groups excluding carboxylic acids is 1. The van der Waals surface area contributed by atoms with Gasteiger partial charge in [0.15, 0.2) is 0 Å². The van der Waals surface area contributed by atoms with E-state index in [1.807, 2.05) is 12.1 Å². The predicted octanol–water partition coefficient (Wildman–Crippen LogP) is 4.35. The van der Waals surface area contributed by atoms with E-state index in [2.05, 4.69) is 23.8 Å². The molecule has 0 aliphatic rings. The molecule has 0 aromatic heterocycles. The van der Waals surface area contributed by atoms with Gasteiger partial charge in [-0.3, -0.25) is 0 Å². The first-order valence-corrected chi connectivity index (χ1v) is 7.76. The third-order valence-electron chi connectivity index (χ3n) is 3.23. The van der Waals surface area contributed by atoms with Crippen molar-refractivity contribution in [3.8, 4) is 0 Å². The monoisotopic (exact) mass is 304 g/mol. The van der Waals surface area contributed by atoms with Crippen molar-refractivity contribution in [1.29, 1.82) is 0 Å². The number of halogens is 1. The lowest BCUT2D eigenvalue weighted by Gasteiger charge is -2.07. The predicted molar refractivity (Wildman–Crippen MR) is 83.9 cm³/mol. The van der Waals surface area contributed by atoms with Crippen LogP contribution in [-0.2, 0) is 16.2 Å². The molecule has 4 heteroatoms. The highest BCUT2D eigenvalue weighted by atomic mass is 32.2. The second kappa shape index (κ2) is 7.27. The SMILES string of the molecule is COC(=O)c1ccc(CSCc2ccccc2C)cc1F. The van der Waals surface area contributed by atoms with Crippen LogP contribution in [-0.4, -0.2) is 13.1 Å². The van der Waals surface area contributed by atoms with Crippen LogP contribution in [0.3, 0.4) is 0 Å². The summed E-state index contributed by atoms with van der Waals surface area (Å²) in [7, 11) is 1.24. The Morgan fingerprint density at radius 2 is 1.95 bits per heavy atom. The van der Waals surface area contributed by atoms with Gasteiger partial charge in [0, 0.05) is 11.5 Å². The topological polar surface area (TPSA) is 26.3 Å². The maximum atomic E-state index is 13.8. The number of methoxy groups -OCH3 is 1. The Labute approximate surface area is 128 Å². The number of thioether (sulfide) groups is 1. The molecule has 0 aliphatic carbocycles. The van der Waals surface area contributed by atoms with Crippen LogP contribution in [0, 0.1) is 12.7 Å². The van der Waals surface area contributed by atoms with E-state index < -0.39 is 11.8 Å². The molecule has 2 rings (SSSR count). The van der Waals surface area contributed by atoms with E-state index in [4.69, 9.17) is 0 Å². The molecule has 0 fully saturated rings. The van der Waals surface area contributed by atoms with E-state index in [-0.39, 0.29) is 5.56 Å². The van der Waals surface area contributed by atoms with Gasteiger partial charge in [-0.05, 0) is 35.7 Å². The molecule has 0 bridgehead atoms. The lowest BCUT2D eigenvalue weighted by atomic mass is 10.1. The first-order valence-electron chi connectivity index (χ1n) is 6.61. The van der Waals surface area contributed by atoms with Gasteiger partial charge in [-0.1, -0.05) is 30.3 Å². The normalized spacial score (nSPS) is 10.4. The molecule has 0 unspecified atom stereocenters. The average Bonchev–Trinajstić information content (AvgIpc) is 2.48. The number of benzene rings is 2. The number of carbonyl (C=O) groups is 1. The summed E-state index contributed by atoms with van der Waals surface area (Å²) in [6.45, 7) is 2.08. The highest BCUT2D eigenvalue weighted by molar-refractivity contribution is 7.97. The van der Waals surface area contributed by atoms with E-state index in [0.29, 0.717) is 5.75 Å². The largest absolute Gasteiger partial charge is 0.465 e. The van der Waals surface area contributed by atoms with E-state index in [9.17, 15) is 9.18 Å². The Kier molecular flexibility index (Phi) is 5.39. The van der Waals surface area contributed by atoms with Crippen molar-refractivity contribution < 1.29 is 13.9 Å². The number of hydrogen-bond donors (Lipinski definition) is 0. The fraction of sp³-hybridized carbons (Fsp3) is 0.235. The fourth-order valence-electron chi connectivity index (χ4n) is 1.97. The average molecular weight is 304 g/mol. The van der Waals surface area contributed by atoms with Crippen LogP contribution in [0.1, 0.15) is 27.0 Å². The summed E-state index contributed by atoms with van der Waals surface area (Å²) in [5, 5.41) is 0. The van der Waals surface area contributed by atoms with Gasteiger partial charge < -0.3 is 4.74 Å². The lowest BCUT2D eigenvalue weighted by molar-refractivity contribution is 0.0595. The Morgan fingerprint density at radius 3 is 2.62 bits per heavy atom. The summed E-state index contributed by atoms with van der Waals surface area (Å²) in [6.07, 6.45) is 0. The number of ether oxygens (including phenoxy) is 1. The first kappa shape index (κ1) is 15.6. The third-order valence-corrected chi connectivity index (χ3v) is 4.28. The molecule has 2 nitrogen and oxygen atoms in total. The number of hydrogen-bond acceptors (Lipinski definition) is 3. The first-order chi connectivity index (χ1) is 10.1. The minimum Gasteiger partial charge on any atom is -0.465 e. The second-order valence-corrected chi connectivity index (χ2v) is 5.71. The van der Waals surface area contributed by atoms with Crippen molar-refractivity contribution in [3.05, 3.63) is 70.5 Å². The van der Waals surface area contributed by atoms with Gasteiger partial charge in [0.2, 0.25) is 0 Å². The molecule has 2 aromatic carbocycles. The summed E-state index contributed by atoms with van der Waals surface area (Å²) in [5.74, 6) is 0.405. The zero-order valence-electron chi connectivity index (χ0n) is 12.1. The maximum Gasteiger partial charge on any atom is 0.340 e. The minimum absolute atomic E-state index is 0.0230. The van der Waals surface area contributed by atoms with Gasteiger partial charge in [-0.15, -0.1) is 0 Å². The van der Waals surface area contributed by atoms with Crippen molar-refractivity contribution in [3.63, 3.8) is 0 Å². The van der Waals surface area contributed by atoms with Crippen molar-refractivity contribution in [1.82, 2.24) is 0 Å². The number of esters is 1. The summed E-state index contributed by atoms with van der Waals surface area (Å²) in [5.41, 5.74) is 3.38. The van der Waals surface area contributed by atoms with E-state index in [1.54, 1.807) is 17.8 Å². The minimum atomic E-state index is -0.647. The molecule has 0 spiro atoms. The van der Waals surface area contributed by atoms with Gasteiger partial charge in [-0.2, -0.15) is 11.8 Å². The summed E-state index contributed by atoms with van der Waals surface area (Å²) in [6, 6.07) is 12.9. The van der Waals surface area contributed by atoms with Crippen LogP contribution in [0.25, 0.3) is 0 Å². The maximum absolute atomic E-state index is 13.8. The molecule has 0 radical (unpaired) electrons. The Hall–Kier alpha value is -1.81. The molecule has 0 amide bonds. The number of rotatable bonds is 5. The molecule has 110 valence electrons. The highest BCUT2D eigenvalue weighted by Crippen LogP contribution is 2.21. The Morgan fingerprint density at radius 1 is 1.19 bits per heavy atom. The van der Waals surface area contributed by atoms with Gasteiger partial charge >= 0.3 is 5.97 Å². The van der Waals surface area contributed by atoms with E-state index in [0.717, 1.165) is 11.3 Å².